The summed E-state index contributed by atoms with van der Waals surface area (Å²) in [5.41, 5.74) is 0.558. The van der Waals surface area contributed by atoms with Crippen LogP contribution in [0.3, 0.4) is 0 Å². The number of carbonyl (C=O) groups excluding carboxylic acids is 1. The molecular formula is C20H26ClFN2O5. The monoisotopic (exact) mass is 428 g/mol. The zero-order valence-corrected chi connectivity index (χ0v) is 16.8. The largest absolute Gasteiger partial charge is 0.473 e. The van der Waals surface area contributed by atoms with Crippen LogP contribution in [0.2, 0.25) is 5.02 Å². The van der Waals surface area contributed by atoms with E-state index in [1.165, 1.54) is 18.9 Å². The van der Waals surface area contributed by atoms with Gasteiger partial charge in [0.15, 0.2) is 0 Å². The van der Waals surface area contributed by atoms with Gasteiger partial charge in [0.05, 0.1) is 0 Å². The Morgan fingerprint density at radius 1 is 1.07 bits per heavy atom. The zero-order chi connectivity index (χ0) is 21.4. The average molecular weight is 429 g/mol. The van der Waals surface area contributed by atoms with E-state index < -0.39 is 11.9 Å². The number of nitrogens with zero attached hydrogens (tertiary/aromatic N) is 1. The van der Waals surface area contributed by atoms with Gasteiger partial charge in [0.2, 0.25) is 5.91 Å². The summed E-state index contributed by atoms with van der Waals surface area (Å²) in [5.74, 6) is -3.59. The van der Waals surface area contributed by atoms with Crippen LogP contribution in [-0.4, -0.2) is 52.1 Å². The third-order valence-corrected chi connectivity index (χ3v) is 5.64. The van der Waals surface area contributed by atoms with Gasteiger partial charge in [-0.25, -0.2) is 14.0 Å². The first-order chi connectivity index (χ1) is 13.8. The number of halogens is 2. The number of nitrogens with one attached hydrogen (secondary N) is 1. The van der Waals surface area contributed by atoms with Gasteiger partial charge >= 0.3 is 11.9 Å². The normalized spacial score (nSPS) is 18.0. The van der Waals surface area contributed by atoms with Crippen molar-refractivity contribution in [2.24, 2.45) is 5.92 Å². The zero-order valence-electron chi connectivity index (χ0n) is 16.1. The second-order valence-electron chi connectivity index (χ2n) is 7.35. The number of rotatable bonds is 4. The van der Waals surface area contributed by atoms with E-state index in [2.05, 4.69) is 10.2 Å². The van der Waals surface area contributed by atoms with E-state index in [0.717, 1.165) is 38.8 Å². The van der Waals surface area contributed by atoms with Crippen LogP contribution in [0.4, 0.5) is 4.39 Å². The predicted octanol–water partition coefficient (Wildman–Crippen LogP) is 2.91. The SMILES string of the molecule is O=C(NC1CCCC1)C1CCN(Cc2c(F)cccc2Cl)CC1.O=C(O)C(=O)O. The molecule has 1 aromatic carbocycles. The molecule has 29 heavy (non-hydrogen) atoms. The topological polar surface area (TPSA) is 107 Å². The molecular weight excluding hydrogens is 403 g/mol. The highest BCUT2D eigenvalue weighted by Crippen LogP contribution is 2.25. The second-order valence-corrected chi connectivity index (χ2v) is 7.76. The molecule has 1 amide bonds. The molecule has 9 heteroatoms. The first-order valence-electron chi connectivity index (χ1n) is 9.69. The van der Waals surface area contributed by atoms with Crippen molar-refractivity contribution in [3.8, 4) is 0 Å². The number of carboxylic acids is 2. The molecule has 1 heterocycles. The summed E-state index contributed by atoms with van der Waals surface area (Å²) in [7, 11) is 0. The molecule has 0 spiro atoms. The number of aliphatic carboxylic acids is 2. The van der Waals surface area contributed by atoms with Crippen LogP contribution in [0, 0.1) is 11.7 Å². The van der Waals surface area contributed by atoms with E-state index in [1.807, 2.05) is 0 Å². The van der Waals surface area contributed by atoms with Gasteiger partial charge in [-0.2, -0.15) is 0 Å². The summed E-state index contributed by atoms with van der Waals surface area (Å²) in [6.07, 6.45) is 6.38. The fraction of sp³-hybridized carbons (Fsp3) is 0.550. The molecule has 1 saturated heterocycles. The maximum atomic E-state index is 13.9. The molecule has 2 fully saturated rings. The summed E-state index contributed by atoms with van der Waals surface area (Å²) >= 11 is 6.09. The van der Waals surface area contributed by atoms with Gasteiger partial charge in [-0.3, -0.25) is 9.69 Å². The van der Waals surface area contributed by atoms with Crippen LogP contribution in [0.15, 0.2) is 18.2 Å². The highest BCUT2D eigenvalue weighted by molar-refractivity contribution is 6.31. The standard InChI is InChI=1S/C18H24ClFN2O.C2H2O4/c19-16-6-3-7-17(20)15(16)12-22-10-8-13(9-11-22)18(23)21-14-4-1-2-5-14;3-1(4)2(5)6/h3,6-7,13-14H,1-2,4-5,8-12H2,(H,21,23);(H,3,4)(H,5,6). The van der Waals surface area contributed by atoms with Crippen molar-refractivity contribution < 1.29 is 29.0 Å². The fourth-order valence-corrected chi connectivity index (χ4v) is 3.87. The highest BCUT2D eigenvalue weighted by Gasteiger charge is 2.27. The number of piperidine rings is 1. The van der Waals surface area contributed by atoms with E-state index in [9.17, 15) is 9.18 Å². The number of amides is 1. The van der Waals surface area contributed by atoms with E-state index in [4.69, 9.17) is 31.4 Å². The van der Waals surface area contributed by atoms with E-state index in [1.54, 1.807) is 12.1 Å². The van der Waals surface area contributed by atoms with E-state index in [0.29, 0.717) is 23.2 Å². The second kappa shape index (κ2) is 11.1. The maximum Gasteiger partial charge on any atom is 0.414 e. The molecule has 7 nitrogen and oxygen atoms in total. The van der Waals surface area contributed by atoms with Gasteiger partial charge < -0.3 is 15.5 Å². The summed E-state index contributed by atoms with van der Waals surface area (Å²) in [5, 5.41) is 18.5. The van der Waals surface area contributed by atoms with Crippen molar-refractivity contribution in [2.45, 2.75) is 51.1 Å². The number of likely N-dealkylation sites (tertiary alicyclic amines) is 1. The Labute approximate surface area is 173 Å². The van der Waals surface area contributed by atoms with Crippen molar-refractivity contribution >= 4 is 29.4 Å². The van der Waals surface area contributed by atoms with Gasteiger partial charge in [-0.05, 0) is 50.9 Å². The highest BCUT2D eigenvalue weighted by atomic mass is 35.5. The summed E-state index contributed by atoms with van der Waals surface area (Å²) < 4.78 is 13.9. The van der Waals surface area contributed by atoms with Crippen LogP contribution < -0.4 is 5.32 Å². The third kappa shape index (κ3) is 7.29. The van der Waals surface area contributed by atoms with Crippen molar-refractivity contribution in [3.63, 3.8) is 0 Å². The molecule has 0 atom stereocenters. The number of benzene rings is 1. The van der Waals surface area contributed by atoms with Crippen LogP contribution in [0.5, 0.6) is 0 Å². The van der Waals surface area contributed by atoms with Gasteiger partial charge in [-0.1, -0.05) is 30.5 Å². The molecule has 0 bridgehead atoms. The number of carboxylic acid groups (broad SMARTS) is 2. The Hall–Kier alpha value is -2.19. The summed E-state index contributed by atoms with van der Waals surface area (Å²) in [6.45, 7) is 2.14. The fourth-order valence-electron chi connectivity index (χ4n) is 3.65. The minimum Gasteiger partial charge on any atom is -0.473 e. The maximum absolute atomic E-state index is 13.9. The summed E-state index contributed by atoms with van der Waals surface area (Å²) in [4.78, 5) is 32.7. The van der Waals surface area contributed by atoms with Crippen molar-refractivity contribution in [1.82, 2.24) is 10.2 Å². The van der Waals surface area contributed by atoms with Crippen LogP contribution in [0.1, 0.15) is 44.1 Å². The molecule has 1 aliphatic carbocycles. The first kappa shape index (κ1) is 23.1. The molecule has 0 aromatic heterocycles. The molecule has 1 saturated carbocycles. The average Bonchev–Trinajstić information content (AvgIpc) is 3.19. The molecule has 1 aromatic rings. The molecule has 0 unspecified atom stereocenters. The molecule has 0 radical (unpaired) electrons. The Bertz CT molecular complexity index is 699. The first-order valence-corrected chi connectivity index (χ1v) is 10.1. The van der Waals surface area contributed by atoms with Crippen molar-refractivity contribution in [3.05, 3.63) is 34.6 Å². The molecule has 3 rings (SSSR count). The molecule has 3 N–H and O–H groups in total. The minimum atomic E-state index is -1.82. The summed E-state index contributed by atoms with van der Waals surface area (Å²) in [6, 6.07) is 5.18. The van der Waals surface area contributed by atoms with Crippen molar-refractivity contribution in [1.29, 1.82) is 0 Å². The Balaban J connectivity index is 0.000000438. The Morgan fingerprint density at radius 3 is 2.17 bits per heavy atom. The van der Waals surface area contributed by atoms with Gasteiger partial charge in [0.1, 0.15) is 5.82 Å². The number of hydrogen-bond acceptors (Lipinski definition) is 4. The lowest BCUT2D eigenvalue weighted by Gasteiger charge is -2.32. The lowest BCUT2D eigenvalue weighted by Crippen LogP contribution is -2.43. The van der Waals surface area contributed by atoms with Crippen LogP contribution >= 0.6 is 11.6 Å². The van der Waals surface area contributed by atoms with Gasteiger partial charge in [0.25, 0.3) is 0 Å². The Kier molecular flexibility index (Phi) is 8.85. The third-order valence-electron chi connectivity index (χ3n) is 5.29. The van der Waals surface area contributed by atoms with E-state index in [-0.39, 0.29) is 17.6 Å². The lowest BCUT2D eigenvalue weighted by molar-refractivity contribution is -0.159. The number of hydrogen-bond donors (Lipinski definition) is 3. The lowest BCUT2D eigenvalue weighted by atomic mass is 9.95. The smallest absolute Gasteiger partial charge is 0.414 e. The minimum absolute atomic E-state index is 0.0999. The van der Waals surface area contributed by atoms with Crippen LogP contribution in [-0.2, 0) is 20.9 Å². The number of carbonyl (C=O) groups is 3. The van der Waals surface area contributed by atoms with Gasteiger partial charge in [-0.15, -0.1) is 0 Å². The van der Waals surface area contributed by atoms with Crippen LogP contribution in [0.25, 0.3) is 0 Å². The quantitative estimate of drug-likeness (QED) is 0.636. The van der Waals surface area contributed by atoms with Crippen molar-refractivity contribution in [2.75, 3.05) is 13.1 Å². The molecule has 2 aliphatic rings. The Morgan fingerprint density at radius 2 is 1.66 bits per heavy atom. The molecule has 1 aliphatic heterocycles. The predicted molar refractivity (Wildman–Crippen MR) is 105 cm³/mol. The molecule has 160 valence electrons. The van der Waals surface area contributed by atoms with Gasteiger partial charge in [0, 0.05) is 29.1 Å². The van der Waals surface area contributed by atoms with E-state index >= 15 is 0 Å².